The largest absolute Gasteiger partial charge is 0.378 e. The van der Waals surface area contributed by atoms with Crippen molar-refractivity contribution in [2.75, 3.05) is 26.3 Å². The van der Waals surface area contributed by atoms with Crippen molar-refractivity contribution in [3.63, 3.8) is 0 Å². The summed E-state index contributed by atoms with van der Waals surface area (Å²) in [5.41, 5.74) is 1.57. The number of carbonyl (C=O) groups is 2. The number of amides is 1. The van der Waals surface area contributed by atoms with E-state index in [0.717, 1.165) is 5.56 Å². The predicted octanol–water partition coefficient (Wildman–Crippen LogP) is 3.49. The van der Waals surface area contributed by atoms with Gasteiger partial charge in [-0.1, -0.05) is 60.1 Å². The molecule has 0 radical (unpaired) electrons. The third-order valence-electron chi connectivity index (χ3n) is 4.96. The highest BCUT2D eigenvalue weighted by Gasteiger charge is 2.27. The van der Waals surface area contributed by atoms with Gasteiger partial charge in [0.2, 0.25) is 5.91 Å². The number of rotatable bonds is 7. The van der Waals surface area contributed by atoms with Crippen molar-refractivity contribution in [1.29, 1.82) is 0 Å². The second-order valence-electron chi connectivity index (χ2n) is 7.00. The van der Waals surface area contributed by atoms with Crippen LogP contribution in [-0.4, -0.2) is 48.9 Å². The van der Waals surface area contributed by atoms with Gasteiger partial charge in [0.1, 0.15) is 0 Å². The molecule has 0 bridgehead atoms. The summed E-state index contributed by atoms with van der Waals surface area (Å²) in [6.07, 6.45) is 0.331. The van der Waals surface area contributed by atoms with Gasteiger partial charge in [-0.3, -0.25) is 14.5 Å². The van der Waals surface area contributed by atoms with E-state index in [1.165, 1.54) is 0 Å². The van der Waals surface area contributed by atoms with Crippen LogP contribution < -0.4 is 5.32 Å². The fourth-order valence-corrected chi connectivity index (χ4v) is 3.72. The Kier molecular flexibility index (Phi) is 7.20. The predicted molar refractivity (Wildman–Crippen MR) is 110 cm³/mol. The first-order chi connectivity index (χ1) is 13.5. The highest BCUT2D eigenvalue weighted by molar-refractivity contribution is 6.31. The first-order valence-electron chi connectivity index (χ1n) is 9.48. The van der Waals surface area contributed by atoms with Crippen LogP contribution in [0, 0.1) is 0 Å². The van der Waals surface area contributed by atoms with Crippen molar-refractivity contribution in [3.8, 4) is 0 Å². The van der Waals surface area contributed by atoms with E-state index in [-0.39, 0.29) is 30.3 Å². The molecule has 0 aliphatic carbocycles. The molecule has 1 heterocycles. The van der Waals surface area contributed by atoms with E-state index in [9.17, 15) is 9.59 Å². The minimum absolute atomic E-state index is 0.0611. The zero-order valence-corrected chi connectivity index (χ0v) is 16.7. The van der Waals surface area contributed by atoms with Crippen LogP contribution in [0.3, 0.4) is 0 Å². The van der Waals surface area contributed by atoms with Crippen LogP contribution >= 0.6 is 11.6 Å². The molecule has 6 heteroatoms. The lowest BCUT2D eigenvalue weighted by Crippen LogP contribution is -2.50. The molecule has 0 saturated carbocycles. The maximum absolute atomic E-state index is 12.6. The number of nitrogens with one attached hydrogen (secondary N) is 1. The Bertz CT molecular complexity index is 812. The van der Waals surface area contributed by atoms with Gasteiger partial charge in [0.15, 0.2) is 5.78 Å². The lowest BCUT2D eigenvalue weighted by atomic mass is 10.0. The van der Waals surface area contributed by atoms with Crippen molar-refractivity contribution in [2.45, 2.75) is 25.4 Å². The Morgan fingerprint density at radius 2 is 1.89 bits per heavy atom. The normalized spacial score (nSPS) is 18.4. The third-order valence-corrected chi connectivity index (χ3v) is 5.31. The smallest absolute Gasteiger partial charge is 0.234 e. The second-order valence-corrected chi connectivity index (χ2v) is 7.41. The number of ketones is 1. The van der Waals surface area contributed by atoms with E-state index in [4.69, 9.17) is 16.3 Å². The van der Waals surface area contributed by atoms with Gasteiger partial charge in [0.25, 0.3) is 0 Å². The van der Waals surface area contributed by atoms with Gasteiger partial charge in [-0.15, -0.1) is 0 Å². The minimum Gasteiger partial charge on any atom is -0.378 e. The van der Waals surface area contributed by atoms with Gasteiger partial charge in [-0.2, -0.15) is 0 Å². The number of carbonyl (C=O) groups excluding carboxylic acids is 2. The zero-order valence-electron chi connectivity index (χ0n) is 15.9. The molecular formula is C22H25ClN2O3. The van der Waals surface area contributed by atoms with E-state index in [0.29, 0.717) is 36.8 Å². The standard InChI is InChI=1S/C22H25ClN2O3/c1-16(19-9-5-6-10-20(19)23)24-22(27)14-25-11-12-28-15-18(25)13-21(26)17-7-3-2-4-8-17/h2-10,16,18H,11-15H2,1H3,(H,24,27)/t16-,18-/m0/s1. The van der Waals surface area contributed by atoms with Crippen molar-refractivity contribution in [2.24, 2.45) is 0 Å². The molecule has 148 valence electrons. The topological polar surface area (TPSA) is 58.6 Å². The van der Waals surface area contributed by atoms with Crippen molar-refractivity contribution < 1.29 is 14.3 Å². The van der Waals surface area contributed by atoms with Gasteiger partial charge >= 0.3 is 0 Å². The Morgan fingerprint density at radius 3 is 2.64 bits per heavy atom. The first-order valence-corrected chi connectivity index (χ1v) is 9.86. The van der Waals surface area contributed by atoms with Crippen molar-refractivity contribution >= 4 is 23.3 Å². The summed E-state index contributed by atoms with van der Waals surface area (Å²) in [5.74, 6) is -0.0302. The maximum atomic E-state index is 12.6. The van der Waals surface area contributed by atoms with E-state index in [1.54, 1.807) is 0 Å². The Morgan fingerprint density at radius 1 is 1.18 bits per heavy atom. The van der Waals surface area contributed by atoms with Crippen LogP contribution in [0.4, 0.5) is 0 Å². The van der Waals surface area contributed by atoms with Crippen LogP contribution in [-0.2, 0) is 9.53 Å². The Labute approximate surface area is 170 Å². The summed E-state index contributed by atoms with van der Waals surface area (Å²) in [6, 6.07) is 16.4. The molecule has 28 heavy (non-hydrogen) atoms. The Balaban J connectivity index is 1.58. The van der Waals surface area contributed by atoms with Gasteiger partial charge in [-0.05, 0) is 18.6 Å². The number of hydrogen-bond donors (Lipinski definition) is 1. The molecule has 0 aromatic heterocycles. The van der Waals surface area contributed by atoms with Crippen LogP contribution in [0.1, 0.15) is 35.3 Å². The summed E-state index contributed by atoms with van der Waals surface area (Å²) in [4.78, 5) is 27.2. The molecule has 5 nitrogen and oxygen atoms in total. The summed E-state index contributed by atoms with van der Waals surface area (Å²) in [6.45, 7) is 3.77. The SMILES string of the molecule is C[C@H](NC(=O)CN1CCOC[C@@H]1CC(=O)c1ccccc1)c1ccccc1Cl. The van der Waals surface area contributed by atoms with Crippen LogP contribution in [0.2, 0.25) is 5.02 Å². The van der Waals surface area contributed by atoms with Crippen molar-refractivity contribution in [3.05, 3.63) is 70.7 Å². The number of benzene rings is 2. The van der Waals surface area contributed by atoms with Crippen LogP contribution in [0.5, 0.6) is 0 Å². The molecule has 3 rings (SSSR count). The van der Waals surface area contributed by atoms with Gasteiger partial charge in [0, 0.05) is 29.6 Å². The molecule has 1 amide bonds. The number of ether oxygens (including phenoxy) is 1. The molecule has 1 saturated heterocycles. The minimum atomic E-state index is -0.188. The molecule has 1 N–H and O–H groups in total. The van der Waals surface area contributed by atoms with Crippen LogP contribution in [0.25, 0.3) is 0 Å². The highest BCUT2D eigenvalue weighted by Crippen LogP contribution is 2.22. The quantitative estimate of drug-likeness (QED) is 0.723. The molecule has 2 atom stereocenters. The second kappa shape index (κ2) is 9.82. The molecule has 0 spiro atoms. The van der Waals surface area contributed by atoms with Gasteiger partial charge < -0.3 is 10.1 Å². The molecular weight excluding hydrogens is 376 g/mol. The molecule has 1 aliphatic rings. The number of hydrogen-bond acceptors (Lipinski definition) is 4. The summed E-state index contributed by atoms with van der Waals surface area (Å²) in [7, 11) is 0. The highest BCUT2D eigenvalue weighted by atomic mass is 35.5. The lowest BCUT2D eigenvalue weighted by molar-refractivity contribution is -0.125. The number of nitrogens with zero attached hydrogens (tertiary/aromatic N) is 1. The third kappa shape index (κ3) is 5.41. The summed E-state index contributed by atoms with van der Waals surface area (Å²) >= 11 is 6.22. The number of morpholine rings is 1. The van der Waals surface area contributed by atoms with E-state index in [1.807, 2.05) is 66.4 Å². The Hall–Kier alpha value is -2.21. The zero-order chi connectivity index (χ0) is 19.9. The summed E-state index contributed by atoms with van der Waals surface area (Å²) < 4.78 is 5.55. The van der Waals surface area contributed by atoms with E-state index >= 15 is 0 Å². The number of halogens is 1. The van der Waals surface area contributed by atoms with Crippen molar-refractivity contribution in [1.82, 2.24) is 10.2 Å². The lowest BCUT2D eigenvalue weighted by Gasteiger charge is -2.35. The van der Waals surface area contributed by atoms with Crippen LogP contribution in [0.15, 0.2) is 54.6 Å². The average molecular weight is 401 g/mol. The molecule has 2 aromatic rings. The molecule has 0 unspecified atom stereocenters. The van der Waals surface area contributed by atoms with Gasteiger partial charge in [0.05, 0.1) is 25.8 Å². The maximum Gasteiger partial charge on any atom is 0.234 e. The summed E-state index contributed by atoms with van der Waals surface area (Å²) in [5, 5.41) is 3.63. The monoisotopic (exact) mass is 400 g/mol. The van der Waals surface area contributed by atoms with Gasteiger partial charge in [-0.25, -0.2) is 0 Å². The molecule has 2 aromatic carbocycles. The fourth-order valence-electron chi connectivity index (χ4n) is 3.42. The molecule has 1 fully saturated rings. The fraction of sp³-hybridized carbons (Fsp3) is 0.364. The average Bonchev–Trinajstić information content (AvgIpc) is 2.70. The molecule has 1 aliphatic heterocycles. The first kappa shape index (κ1) is 20.5. The van der Waals surface area contributed by atoms with E-state index in [2.05, 4.69) is 5.32 Å². The number of Topliss-reactive ketones (excluding diaryl/α,β-unsaturated/α-hetero) is 1. The van der Waals surface area contributed by atoms with E-state index < -0.39 is 0 Å².